The van der Waals surface area contributed by atoms with Crippen molar-refractivity contribution in [1.29, 1.82) is 0 Å². The average molecular weight is 227 g/mol. The molecule has 0 spiro atoms. The Morgan fingerprint density at radius 2 is 2.53 bits per heavy atom. The summed E-state index contributed by atoms with van der Waals surface area (Å²) < 4.78 is 5.22. The van der Waals surface area contributed by atoms with Crippen molar-refractivity contribution in [2.24, 2.45) is 0 Å². The van der Waals surface area contributed by atoms with E-state index in [1.807, 2.05) is 0 Å². The predicted octanol–water partition coefficient (Wildman–Crippen LogP) is 1.44. The first kappa shape index (κ1) is 11.0. The van der Waals surface area contributed by atoms with Gasteiger partial charge in [-0.25, -0.2) is 0 Å². The first-order chi connectivity index (χ1) is 7.40. The Kier molecular flexibility index (Phi) is 4.02. The smallest absolute Gasteiger partial charge is 0.227 e. The number of aromatic nitrogens is 2. The zero-order valence-corrected chi connectivity index (χ0v) is 9.85. The number of piperidine rings is 1. The first-order valence-corrected chi connectivity index (χ1v) is 6.81. The number of nitrogens with zero attached hydrogens (tertiary/aromatic N) is 2. The van der Waals surface area contributed by atoms with Crippen LogP contribution in [0.3, 0.4) is 0 Å². The molecule has 5 heteroatoms. The van der Waals surface area contributed by atoms with Crippen LogP contribution in [0, 0.1) is 0 Å². The van der Waals surface area contributed by atoms with Gasteiger partial charge in [-0.1, -0.05) is 5.16 Å². The SMILES string of the molecule is CSCCc1nc(C2CCCNC2)no1. The number of rotatable bonds is 4. The monoisotopic (exact) mass is 227 g/mol. The van der Waals surface area contributed by atoms with Gasteiger partial charge in [0.2, 0.25) is 5.89 Å². The molecule has 0 saturated carbocycles. The molecule has 1 atom stereocenters. The molecule has 84 valence electrons. The Hall–Kier alpha value is -0.550. The quantitative estimate of drug-likeness (QED) is 0.843. The summed E-state index contributed by atoms with van der Waals surface area (Å²) in [4.78, 5) is 4.44. The van der Waals surface area contributed by atoms with E-state index < -0.39 is 0 Å². The molecule has 0 bridgehead atoms. The highest BCUT2D eigenvalue weighted by Gasteiger charge is 2.20. The molecule has 0 amide bonds. The fourth-order valence-electron chi connectivity index (χ4n) is 1.80. The molecule has 1 aromatic rings. The molecule has 0 aliphatic carbocycles. The normalized spacial score (nSPS) is 21.8. The van der Waals surface area contributed by atoms with Gasteiger partial charge in [0.1, 0.15) is 0 Å². The molecular formula is C10H17N3OS. The average Bonchev–Trinajstić information content (AvgIpc) is 2.76. The fraction of sp³-hybridized carbons (Fsp3) is 0.800. The third-order valence-electron chi connectivity index (χ3n) is 2.67. The van der Waals surface area contributed by atoms with Crippen LogP contribution in [0.5, 0.6) is 0 Å². The van der Waals surface area contributed by atoms with Crippen molar-refractivity contribution >= 4 is 11.8 Å². The second kappa shape index (κ2) is 5.51. The second-order valence-electron chi connectivity index (χ2n) is 3.83. The van der Waals surface area contributed by atoms with E-state index in [1.165, 1.54) is 12.8 Å². The lowest BCUT2D eigenvalue weighted by atomic mass is 9.99. The molecule has 15 heavy (non-hydrogen) atoms. The summed E-state index contributed by atoms with van der Waals surface area (Å²) in [6.45, 7) is 2.11. The Balaban J connectivity index is 1.93. The molecule has 1 aliphatic heterocycles. The van der Waals surface area contributed by atoms with Crippen LogP contribution >= 0.6 is 11.8 Å². The van der Waals surface area contributed by atoms with E-state index in [0.717, 1.165) is 37.0 Å². The van der Waals surface area contributed by atoms with Gasteiger partial charge in [0, 0.05) is 24.6 Å². The van der Waals surface area contributed by atoms with Crippen molar-refractivity contribution in [3.63, 3.8) is 0 Å². The van der Waals surface area contributed by atoms with E-state index in [0.29, 0.717) is 5.92 Å². The maximum atomic E-state index is 5.22. The van der Waals surface area contributed by atoms with Crippen molar-refractivity contribution in [1.82, 2.24) is 15.5 Å². The molecule has 1 N–H and O–H groups in total. The van der Waals surface area contributed by atoms with Gasteiger partial charge in [-0.3, -0.25) is 0 Å². The van der Waals surface area contributed by atoms with Crippen molar-refractivity contribution < 1.29 is 4.52 Å². The number of thioether (sulfide) groups is 1. The van der Waals surface area contributed by atoms with E-state index in [2.05, 4.69) is 21.7 Å². The van der Waals surface area contributed by atoms with Crippen LogP contribution in [0.4, 0.5) is 0 Å². The number of hydrogen-bond acceptors (Lipinski definition) is 5. The Labute approximate surface area is 94.2 Å². The standard InChI is InChI=1S/C10H17N3OS/c1-15-6-4-9-12-10(13-14-9)8-3-2-5-11-7-8/h8,11H,2-7H2,1H3. The minimum atomic E-state index is 0.450. The predicted molar refractivity (Wildman–Crippen MR) is 61.2 cm³/mol. The van der Waals surface area contributed by atoms with Gasteiger partial charge < -0.3 is 9.84 Å². The van der Waals surface area contributed by atoms with Crippen molar-refractivity contribution in [2.75, 3.05) is 25.1 Å². The summed E-state index contributed by atoms with van der Waals surface area (Å²) in [5.41, 5.74) is 0. The Morgan fingerprint density at radius 1 is 1.60 bits per heavy atom. The van der Waals surface area contributed by atoms with Gasteiger partial charge in [-0.15, -0.1) is 0 Å². The van der Waals surface area contributed by atoms with Crippen LogP contribution in [0.2, 0.25) is 0 Å². The van der Waals surface area contributed by atoms with Crippen LogP contribution in [0.1, 0.15) is 30.5 Å². The molecule has 1 aliphatic rings. The van der Waals surface area contributed by atoms with Gasteiger partial charge in [0.25, 0.3) is 0 Å². The lowest BCUT2D eigenvalue weighted by Gasteiger charge is -2.19. The molecule has 1 saturated heterocycles. The largest absolute Gasteiger partial charge is 0.339 e. The van der Waals surface area contributed by atoms with Crippen LogP contribution < -0.4 is 5.32 Å². The van der Waals surface area contributed by atoms with E-state index in [9.17, 15) is 0 Å². The molecule has 4 nitrogen and oxygen atoms in total. The maximum absolute atomic E-state index is 5.22. The summed E-state index contributed by atoms with van der Waals surface area (Å²) >= 11 is 1.80. The zero-order chi connectivity index (χ0) is 10.5. The van der Waals surface area contributed by atoms with E-state index in [4.69, 9.17) is 4.52 Å². The maximum Gasteiger partial charge on any atom is 0.227 e. The Bertz CT molecular complexity index is 297. The molecule has 1 aromatic heterocycles. The molecule has 1 fully saturated rings. The molecule has 0 radical (unpaired) electrons. The van der Waals surface area contributed by atoms with Gasteiger partial charge in [0.05, 0.1) is 0 Å². The second-order valence-corrected chi connectivity index (χ2v) is 4.82. The first-order valence-electron chi connectivity index (χ1n) is 5.42. The fourth-order valence-corrected chi connectivity index (χ4v) is 2.18. The minimum Gasteiger partial charge on any atom is -0.339 e. The highest BCUT2D eigenvalue weighted by Crippen LogP contribution is 2.20. The van der Waals surface area contributed by atoms with E-state index in [-0.39, 0.29) is 0 Å². The summed E-state index contributed by atoms with van der Waals surface area (Å²) in [6.07, 6.45) is 5.35. The summed E-state index contributed by atoms with van der Waals surface area (Å²) in [6, 6.07) is 0. The summed E-state index contributed by atoms with van der Waals surface area (Å²) in [5, 5.41) is 7.42. The van der Waals surface area contributed by atoms with Gasteiger partial charge in [0.15, 0.2) is 5.82 Å². The third kappa shape index (κ3) is 2.95. The highest BCUT2D eigenvalue weighted by molar-refractivity contribution is 7.98. The third-order valence-corrected chi connectivity index (χ3v) is 3.28. The molecule has 2 heterocycles. The molecular weight excluding hydrogens is 210 g/mol. The highest BCUT2D eigenvalue weighted by atomic mass is 32.2. The molecule has 2 rings (SSSR count). The van der Waals surface area contributed by atoms with E-state index >= 15 is 0 Å². The molecule has 1 unspecified atom stereocenters. The van der Waals surface area contributed by atoms with Crippen molar-refractivity contribution in [3.05, 3.63) is 11.7 Å². The topological polar surface area (TPSA) is 51.0 Å². The van der Waals surface area contributed by atoms with Gasteiger partial charge >= 0.3 is 0 Å². The van der Waals surface area contributed by atoms with Crippen LogP contribution in [-0.2, 0) is 6.42 Å². The van der Waals surface area contributed by atoms with Crippen LogP contribution in [0.25, 0.3) is 0 Å². The number of nitrogens with one attached hydrogen (secondary N) is 1. The zero-order valence-electron chi connectivity index (χ0n) is 9.03. The molecule has 0 aromatic carbocycles. The number of hydrogen-bond donors (Lipinski definition) is 1. The van der Waals surface area contributed by atoms with Crippen LogP contribution in [0.15, 0.2) is 4.52 Å². The number of aryl methyl sites for hydroxylation is 1. The Morgan fingerprint density at radius 3 is 3.27 bits per heavy atom. The van der Waals surface area contributed by atoms with E-state index in [1.54, 1.807) is 11.8 Å². The lowest BCUT2D eigenvalue weighted by Crippen LogP contribution is -2.28. The van der Waals surface area contributed by atoms with Gasteiger partial charge in [-0.05, 0) is 25.6 Å². The lowest BCUT2D eigenvalue weighted by molar-refractivity contribution is 0.364. The van der Waals surface area contributed by atoms with Gasteiger partial charge in [-0.2, -0.15) is 16.7 Å². The minimum absolute atomic E-state index is 0.450. The van der Waals surface area contributed by atoms with Crippen molar-refractivity contribution in [2.45, 2.75) is 25.2 Å². The summed E-state index contributed by atoms with van der Waals surface area (Å²) in [5.74, 6) is 3.17. The summed E-state index contributed by atoms with van der Waals surface area (Å²) in [7, 11) is 0. The van der Waals surface area contributed by atoms with Crippen molar-refractivity contribution in [3.8, 4) is 0 Å². The van der Waals surface area contributed by atoms with Crippen LogP contribution in [-0.4, -0.2) is 35.2 Å².